The van der Waals surface area contributed by atoms with Crippen molar-refractivity contribution in [1.82, 2.24) is 25.2 Å². The Kier molecular flexibility index (Phi) is 4.58. The zero-order chi connectivity index (χ0) is 18.0. The Balaban J connectivity index is 1.44. The molecule has 0 saturated heterocycles. The highest BCUT2D eigenvalue weighted by Gasteiger charge is 2.43. The molecule has 3 aromatic heterocycles. The number of amides is 1. The molecule has 3 aromatic rings. The molecule has 0 unspecified atom stereocenters. The van der Waals surface area contributed by atoms with Gasteiger partial charge in [0.15, 0.2) is 0 Å². The highest BCUT2D eigenvalue weighted by Crippen LogP contribution is 2.43. The number of hydrogen-bond acceptors (Lipinski definition) is 6. The van der Waals surface area contributed by atoms with Gasteiger partial charge >= 0.3 is 0 Å². The minimum Gasteiger partial charge on any atom is -0.346 e. The van der Waals surface area contributed by atoms with Crippen LogP contribution in [0.4, 0.5) is 0 Å². The third-order valence-corrected chi connectivity index (χ3v) is 6.04. The third kappa shape index (κ3) is 3.05. The van der Waals surface area contributed by atoms with Gasteiger partial charge in [-0.15, -0.1) is 11.3 Å². The van der Waals surface area contributed by atoms with E-state index >= 15 is 0 Å². The number of aryl methyl sites for hydroxylation is 1. The third-order valence-electron chi connectivity index (χ3n) is 4.97. The molecule has 1 N–H and O–H groups in total. The monoisotopic (exact) mass is 371 g/mol. The fourth-order valence-electron chi connectivity index (χ4n) is 3.54. The number of nitrogens with zero attached hydrogens (tertiary/aromatic N) is 4. The number of aromatic nitrogens is 4. The Morgan fingerprint density at radius 3 is 2.96 bits per heavy atom. The predicted octanol–water partition coefficient (Wildman–Crippen LogP) is 3.14. The fraction of sp³-hybridized carbons (Fsp3) is 0.444. The highest BCUT2D eigenvalue weighted by molar-refractivity contribution is 7.10. The van der Waals surface area contributed by atoms with Gasteiger partial charge in [-0.3, -0.25) is 9.48 Å². The molecule has 0 atom stereocenters. The lowest BCUT2D eigenvalue weighted by atomic mass is 9.83. The molecule has 1 aliphatic carbocycles. The van der Waals surface area contributed by atoms with Gasteiger partial charge in [0.25, 0.3) is 0 Å². The second kappa shape index (κ2) is 7.03. The van der Waals surface area contributed by atoms with Crippen LogP contribution in [0.5, 0.6) is 0 Å². The maximum Gasteiger partial charge on any atom is 0.246 e. The van der Waals surface area contributed by atoms with Crippen molar-refractivity contribution in [2.24, 2.45) is 0 Å². The zero-order valence-electron chi connectivity index (χ0n) is 14.6. The van der Waals surface area contributed by atoms with E-state index in [-0.39, 0.29) is 12.5 Å². The number of carbonyl (C=O) groups is 1. The number of hydrogen-bond donors (Lipinski definition) is 1. The van der Waals surface area contributed by atoms with E-state index in [1.165, 1.54) is 0 Å². The summed E-state index contributed by atoms with van der Waals surface area (Å²) in [7, 11) is 0. The number of thiophene rings is 1. The Hall–Kier alpha value is -2.48. The molecule has 0 aliphatic heterocycles. The van der Waals surface area contributed by atoms with Gasteiger partial charge in [-0.2, -0.15) is 10.1 Å². The molecule has 26 heavy (non-hydrogen) atoms. The smallest absolute Gasteiger partial charge is 0.246 e. The first-order valence-electron chi connectivity index (χ1n) is 8.89. The van der Waals surface area contributed by atoms with Crippen molar-refractivity contribution >= 4 is 17.2 Å². The summed E-state index contributed by atoms with van der Waals surface area (Å²) < 4.78 is 7.09. The van der Waals surface area contributed by atoms with Gasteiger partial charge in [-0.25, -0.2) is 0 Å². The lowest BCUT2D eigenvalue weighted by Gasteiger charge is -2.26. The lowest BCUT2D eigenvalue weighted by molar-refractivity contribution is -0.126. The molecular formula is C18H21N5O2S. The van der Waals surface area contributed by atoms with Gasteiger partial charge in [0.2, 0.25) is 17.6 Å². The van der Waals surface area contributed by atoms with Crippen LogP contribution in [0.3, 0.4) is 0 Å². The molecule has 1 amide bonds. The van der Waals surface area contributed by atoms with Crippen molar-refractivity contribution in [2.75, 3.05) is 0 Å². The van der Waals surface area contributed by atoms with E-state index in [4.69, 9.17) is 4.52 Å². The average molecular weight is 371 g/mol. The van der Waals surface area contributed by atoms with Crippen LogP contribution in [0, 0.1) is 0 Å². The van der Waals surface area contributed by atoms with Crippen LogP contribution in [0.1, 0.15) is 43.4 Å². The van der Waals surface area contributed by atoms with Crippen LogP contribution in [0.2, 0.25) is 0 Å². The largest absolute Gasteiger partial charge is 0.346 e. The van der Waals surface area contributed by atoms with E-state index in [1.807, 2.05) is 24.6 Å². The first-order chi connectivity index (χ1) is 12.7. The lowest BCUT2D eigenvalue weighted by Crippen LogP contribution is -2.41. The summed E-state index contributed by atoms with van der Waals surface area (Å²) in [5, 5.41) is 13.2. The summed E-state index contributed by atoms with van der Waals surface area (Å²) in [6.07, 6.45) is 7.53. The molecule has 3 heterocycles. The molecule has 0 bridgehead atoms. The summed E-state index contributed by atoms with van der Waals surface area (Å²) in [6, 6.07) is 4.07. The van der Waals surface area contributed by atoms with E-state index in [9.17, 15) is 4.79 Å². The van der Waals surface area contributed by atoms with Gasteiger partial charge < -0.3 is 9.84 Å². The second-order valence-corrected chi connectivity index (χ2v) is 7.49. The Morgan fingerprint density at radius 1 is 1.42 bits per heavy atom. The van der Waals surface area contributed by atoms with Gasteiger partial charge in [-0.1, -0.05) is 24.1 Å². The van der Waals surface area contributed by atoms with E-state index in [2.05, 4.69) is 26.6 Å². The van der Waals surface area contributed by atoms with Gasteiger partial charge in [0.1, 0.15) is 0 Å². The average Bonchev–Trinajstić information content (AvgIpc) is 3.45. The number of nitrogens with one attached hydrogen (secondary N) is 1. The van der Waals surface area contributed by atoms with Crippen LogP contribution < -0.4 is 5.32 Å². The quantitative estimate of drug-likeness (QED) is 0.719. The van der Waals surface area contributed by atoms with Crippen LogP contribution in [0.15, 0.2) is 34.4 Å². The van der Waals surface area contributed by atoms with Gasteiger partial charge in [-0.05, 0) is 31.2 Å². The maximum atomic E-state index is 13.0. The van der Waals surface area contributed by atoms with Crippen LogP contribution >= 0.6 is 11.3 Å². The standard InChI is InChI=1S/C18H21N5O2S/c1-2-23-12-13(10-20-23)16-21-15(25-22-16)11-19-17(24)18(7-3-4-8-18)14-6-5-9-26-14/h5-6,9-10,12H,2-4,7-8,11H2,1H3,(H,19,24). The molecular weight excluding hydrogens is 350 g/mol. The molecule has 0 radical (unpaired) electrons. The van der Waals surface area contributed by atoms with E-state index < -0.39 is 5.41 Å². The molecule has 1 aliphatic rings. The van der Waals surface area contributed by atoms with E-state index in [1.54, 1.807) is 22.2 Å². The van der Waals surface area contributed by atoms with Crippen molar-refractivity contribution in [1.29, 1.82) is 0 Å². The van der Waals surface area contributed by atoms with E-state index in [0.717, 1.165) is 42.7 Å². The molecule has 0 spiro atoms. The van der Waals surface area contributed by atoms with Crippen molar-refractivity contribution < 1.29 is 9.32 Å². The SMILES string of the molecule is CCn1cc(-c2noc(CNC(=O)C3(c4cccs4)CCCC3)n2)cn1. The first-order valence-corrected chi connectivity index (χ1v) is 9.77. The van der Waals surface area contributed by atoms with Gasteiger partial charge in [0, 0.05) is 17.6 Å². The molecule has 136 valence electrons. The molecule has 7 nitrogen and oxygen atoms in total. The summed E-state index contributed by atoms with van der Waals surface area (Å²) >= 11 is 1.65. The minimum absolute atomic E-state index is 0.0519. The van der Waals surface area contributed by atoms with Crippen molar-refractivity contribution in [3.05, 3.63) is 40.7 Å². The van der Waals surface area contributed by atoms with Crippen molar-refractivity contribution in [3.8, 4) is 11.4 Å². The second-order valence-electron chi connectivity index (χ2n) is 6.55. The summed E-state index contributed by atoms with van der Waals surface area (Å²) in [6.45, 7) is 3.03. The molecule has 1 saturated carbocycles. The van der Waals surface area contributed by atoms with Gasteiger partial charge in [0.05, 0.1) is 23.7 Å². The molecule has 1 fully saturated rings. The molecule has 0 aromatic carbocycles. The summed E-state index contributed by atoms with van der Waals surface area (Å²) in [4.78, 5) is 18.5. The van der Waals surface area contributed by atoms with E-state index in [0.29, 0.717) is 11.7 Å². The molecule has 4 rings (SSSR count). The number of carbonyl (C=O) groups excluding carboxylic acids is 1. The van der Waals surface area contributed by atoms with Crippen molar-refractivity contribution in [2.45, 2.75) is 51.1 Å². The fourth-order valence-corrected chi connectivity index (χ4v) is 4.52. The van der Waals surface area contributed by atoms with Crippen LogP contribution in [0.25, 0.3) is 11.4 Å². The van der Waals surface area contributed by atoms with Crippen LogP contribution in [-0.2, 0) is 23.3 Å². The normalized spacial score (nSPS) is 16.0. The number of rotatable bonds is 6. The Bertz CT molecular complexity index is 877. The first kappa shape index (κ1) is 17.0. The predicted molar refractivity (Wildman–Crippen MR) is 97.5 cm³/mol. The Labute approximate surface area is 155 Å². The topological polar surface area (TPSA) is 85.8 Å². The van der Waals surface area contributed by atoms with Crippen LogP contribution in [-0.4, -0.2) is 25.8 Å². The zero-order valence-corrected chi connectivity index (χ0v) is 15.5. The maximum absolute atomic E-state index is 13.0. The Morgan fingerprint density at radius 2 is 2.27 bits per heavy atom. The summed E-state index contributed by atoms with van der Waals surface area (Å²) in [5.41, 5.74) is 0.401. The molecule has 8 heteroatoms. The summed E-state index contributed by atoms with van der Waals surface area (Å²) in [5.74, 6) is 0.940. The highest BCUT2D eigenvalue weighted by atomic mass is 32.1. The minimum atomic E-state index is -0.403. The van der Waals surface area contributed by atoms with Crippen molar-refractivity contribution in [3.63, 3.8) is 0 Å².